The van der Waals surface area contributed by atoms with Crippen LogP contribution in [-0.2, 0) is 0 Å². The highest BCUT2D eigenvalue weighted by Crippen LogP contribution is 2.42. The van der Waals surface area contributed by atoms with E-state index in [1.54, 1.807) is 0 Å². The molecule has 3 aliphatic rings. The topological polar surface area (TPSA) is 49.6 Å². The van der Waals surface area contributed by atoms with Crippen LogP contribution in [0, 0.1) is 5.82 Å². The predicted octanol–water partition coefficient (Wildman–Crippen LogP) is 3.39. The number of rotatable bonds is 3. The van der Waals surface area contributed by atoms with Gasteiger partial charge in [-0.25, -0.2) is 4.39 Å². The van der Waals surface area contributed by atoms with Crippen molar-refractivity contribution < 1.29 is 13.7 Å². The number of carbonyl (C=O) groups excluding carboxylic acids is 1. The maximum atomic E-state index is 13.4. The van der Waals surface area contributed by atoms with Crippen LogP contribution in [0.2, 0.25) is 0 Å². The first-order chi connectivity index (χ1) is 13.1. The van der Waals surface area contributed by atoms with Crippen LogP contribution >= 0.6 is 0 Å². The molecule has 3 heterocycles. The summed E-state index contributed by atoms with van der Waals surface area (Å²) in [5.74, 6) is 1.19. The first-order valence-corrected chi connectivity index (χ1v) is 9.85. The molecule has 0 radical (unpaired) electrons. The van der Waals surface area contributed by atoms with Gasteiger partial charge in [0.05, 0.1) is 0 Å². The van der Waals surface area contributed by atoms with E-state index in [1.807, 2.05) is 23.1 Å². The fourth-order valence-electron chi connectivity index (χ4n) is 4.88. The number of halogens is 1. The number of hydrogen-bond donors (Lipinski definition) is 0. The normalized spacial score (nSPS) is 28.4. The van der Waals surface area contributed by atoms with Crippen molar-refractivity contribution >= 4 is 5.91 Å². The van der Waals surface area contributed by atoms with Crippen LogP contribution in [0.1, 0.15) is 59.3 Å². The highest BCUT2D eigenvalue weighted by atomic mass is 19.1. The van der Waals surface area contributed by atoms with Crippen LogP contribution in [-0.4, -0.2) is 53.1 Å². The summed E-state index contributed by atoms with van der Waals surface area (Å²) < 4.78 is 18.8. The summed E-state index contributed by atoms with van der Waals surface area (Å²) in [6.45, 7) is 1.66. The molecule has 0 spiro atoms. The van der Waals surface area contributed by atoms with Crippen molar-refractivity contribution in [3.8, 4) is 0 Å². The Morgan fingerprint density at radius 1 is 1.22 bits per heavy atom. The lowest BCUT2D eigenvalue weighted by molar-refractivity contribution is 0.0619. The van der Waals surface area contributed by atoms with Gasteiger partial charge in [-0.2, -0.15) is 0 Å². The minimum absolute atomic E-state index is 0.0411. The summed E-state index contributed by atoms with van der Waals surface area (Å²) in [5, 5.41) is 4.06. The number of hydrogen-bond acceptors (Lipinski definition) is 4. The Morgan fingerprint density at radius 3 is 2.74 bits per heavy atom. The Morgan fingerprint density at radius 2 is 2.00 bits per heavy atom. The minimum atomic E-state index is -0.228. The summed E-state index contributed by atoms with van der Waals surface area (Å²) in [6.07, 6.45) is 4.30. The van der Waals surface area contributed by atoms with E-state index in [-0.39, 0.29) is 29.7 Å². The lowest BCUT2D eigenvalue weighted by atomic mass is 9.86. The molecule has 1 aromatic carbocycles. The fourth-order valence-corrected chi connectivity index (χ4v) is 4.88. The Labute approximate surface area is 158 Å². The van der Waals surface area contributed by atoms with Crippen molar-refractivity contribution in [3.05, 3.63) is 53.2 Å². The lowest BCUT2D eigenvalue weighted by Crippen LogP contribution is -2.50. The Hall–Kier alpha value is -2.21. The number of carbonyl (C=O) groups is 1. The van der Waals surface area contributed by atoms with Gasteiger partial charge in [-0.3, -0.25) is 4.79 Å². The zero-order valence-corrected chi connectivity index (χ0v) is 15.5. The van der Waals surface area contributed by atoms with Crippen molar-refractivity contribution in [1.82, 2.24) is 15.0 Å². The van der Waals surface area contributed by atoms with Gasteiger partial charge in [-0.05, 0) is 57.0 Å². The fraction of sp³-hybridized carbons (Fsp3) is 0.524. The van der Waals surface area contributed by atoms with E-state index in [2.05, 4.69) is 17.1 Å². The van der Waals surface area contributed by atoms with E-state index in [9.17, 15) is 9.18 Å². The largest absolute Gasteiger partial charge is 0.360 e. The maximum absolute atomic E-state index is 13.4. The van der Waals surface area contributed by atoms with Gasteiger partial charge >= 0.3 is 0 Å². The summed E-state index contributed by atoms with van der Waals surface area (Å²) in [4.78, 5) is 17.6. The van der Waals surface area contributed by atoms with Crippen LogP contribution in [0.5, 0.6) is 0 Å². The molecule has 0 unspecified atom stereocenters. The zero-order chi connectivity index (χ0) is 18.5. The van der Waals surface area contributed by atoms with Gasteiger partial charge in [-0.15, -0.1) is 0 Å². The molecule has 5 nitrogen and oxygen atoms in total. The first-order valence-electron chi connectivity index (χ1n) is 9.85. The molecule has 2 aliphatic heterocycles. The molecular formula is C21H24FN3O2. The third-order valence-corrected chi connectivity index (χ3v) is 6.41. The number of amides is 1. The van der Waals surface area contributed by atoms with E-state index in [1.165, 1.54) is 12.1 Å². The standard InChI is InChI=1S/C21H24FN3O2/c1-24-10-2-3-18-20(24)16(13-6-8-15(22)9-7-13)12-25(18)21(26)17-11-19(27-23-17)14-4-5-14/h6-9,11,14,16,18,20H,2-5,10,12H2,1H3/t16-,18-,20-/m1/s1. The number of piperidine rings is 1. The third kappa shape index (κ3) is 2.96. The van der Waals surface area contributed by atoms with Gasteiger partial charge in [-0.1, -0.05) is 17.3 Å². The van der Waals surface area contributed by atoms with E-state index >= 15 is 0 Å². The van der Waals surface area contributed by atoms with E-state index < -0.39 is 0 Å². The van der Waals surface area contributed by atoms with Crippen LogP contribution in [0.25, 0.3) is 0 Å². The molecule has 1 aromatic heterocycles. The molecule has 3 atom stereocenters. The molecule has 2 aromatic rings. The summed E-state index contributed by atoms with van der Waals surface area (Å²) >= 11 is 0. The van der Waals surface area contributed by atoms with Crippen LogP contribution in [0.15, 0.2) is 34.9 Å². The Bertz CT molecular complexity index is 845. The second kappa shape index (κ2) is 6.44. The van der Waals surface area contributed by atoms with Crippen LogP contribution in [0.4, 0.5) is 4.39 Å². The zero-order valence-electron chi connectivity index (χ0n) is 15.5. The van der Waals surface area contributed by atoms with Crippen molar-refractivity contribution in [3.63, 3.8) is 0 Å². The smallest absolute Gasteiger partial charge is 0.276 e. The van der Waals surface area contributed by atoms with E-state index in [4.69, 9.17) is 4.52 Å². The number of benzene rings is 1. The average molecular weight is 369 g/mol. The molecule has 2 saturated heterocycles. The van der Waals surface area contributed by atoms with Gasteiger partial charge in [0.25, 0.3) is 5.91 Å². The summed E-state index contributed by atoms with van der Waals surface area (Å²) in [7, 11) is 2.13. The second-order valence-corrected chi connectivity index (χ2v) is 8.19. The molecule has 27 heavy (non-hydrogen) atoms. The number of nitrogens with zero attached hydrogens (tertiary/aromatic N) is 3. The quantitative estimate of drug-likeness (QED) is 0.832. The second-order valence-electron chi connectivity index (χ2n) is 8.19. The highest BCUT2D eigenvalue weighted by molar-refractivity contribution is 5.93. The van der Waals surface area contributed by atoms with Gasteiger partial charge in [0, 0.05) is 36.5 Å². The molecule has 0 bridgehead atoms. The molecule has 5 rings (SSSR count). The van der Waals surface area contributed by atoms with Crippen molar-refractivity contribution in [2.24, 2.45) is 0 Å². The monoisotopic (exact) mass is 369 g/mol. The van der Waals surface area contributed by atoms with Crippen LogP contribution in [0.3, 0.4) is 0 Å². The highest BCUT2D eigenvalue weighted by Gasteiger charge is 2.48. The lowest BCUT2D eigenvalue weighted by Gasteiger charge is -2.39. The third-order valence-electron chi connectivity index (χ3n) is 6.41. The first kappa shape index (κ1) is 16.9. The number of likely N-dealkylation sites (N-methyl/N-ethyl adjacent to an activating group) is 1. The van der Waals surface area contributed by atoms with Gasteiger partial charge < -0.3 is 14.3 Å². The maximum Gasteiger partial charge on any atom is 0.276 e. The molecule has 142 valence electrons. The van der Waals surface area contributed by atoms with E-state index in [0.717, 1.165) is 43.6 Å². The molecule has 1 aliphatic carbocycles. The van der Waals surface area contributed by atoms with Crippen molar-refractivity contribution in [1.29, 1.82) is 0 Å². The molecule has 0 N–H and O–H groups in total. The molecule has 6 heteroatoms. The number of fused-ring (bicyclic) bond motifs is 1. The van der Waals surface area contributed by atoms with Crippen molar-refractivity contribution in [2.45, 2.75) is 49.6 Å². The summed E-state index contributed by atoms with van der Waals surface area (Å²) in [6, 6.07) is 8.97. The summed E-state index contributed by atoms with van der Waals surface area (Å²) in [5.41, 5.74) is 1.51. The Balaban J connectivity index is 1.44. The minimum Gasteiger partial charge on any atom is -0.360 e. The van der Waals surface area contributed by atoms with Crippen LogP contribution < -0.4 is 0 Å². The van der Waals surface area contributed by atoms with E-state index in [0.29, 0.717) is 18.2 Å². The van der Waals surface area contributed by atoms with Crippen molar-refractivity contribution in [2.75, 3.05) is 20.1 Å². The molecule has 1 amide bonds. The van der Waals surface area contributed by atoms with Gasteiger partial charge in [0.1, 0.15) is 11.6 Å². The number of likely N-dealkylation sites (tertiary alicyclic amines) is 2. The average Bonchev–Trinajstić information content (AvgIpc) is 3.27. The molecule has 3 fully saturated rings. The van der Waals surface area contributed by atoms with Gasteiger partial charge in [0.2, 0.25) is 0 Å². The predicted molar refractivity (Wildman–Crippen MR) is 98.1 cm³/mol. The Kier molecular flexibility index (Phi) is 4.04. The molecule has 1 saturated carbocycles. The molecular weight excluding hydrogens is 345 g/mol. The van der Waals surface area contributed by atoms with Gasteiger partial charge in [0.15, 0.2) is 5.69 Å². The SMILES string of the molecule is CN1CCC[C@@H]2[C@H]1[C@@H](c1ccc(F)cc1)CN2C(=O)c1cc(C2CC2)on1. The number of aromatic nitrogens is 1.